The monoisotopic (exact) mass is 391 g/mol. The number of amides is 2. The van der Waals surface area contributed by atoms with E-state index in [0.717, 1.165) is 25.7 Å². The van der Waals surface area contributed by atoms with E-state index in [1.807, 2.05) is 13.8 Å². The van der Waals surface area contributed by atoms with Gasteiger partial charge in [-0.25, -0.2) is 0 Å². The van der Waals surface area contributed by atoms with E-state index in [1.54, 1.807) is 0 Å². The topological polar surface area (TPSA) is 104 Å². The van der Waals surface area contributed by atoms with Crippen molar-refractivity contribution in [2.75, 3.05) is 6.61 Å². The van der Waals surface area contributed by atoms with Gasteiger partial charge in [-0.15, -0.1) is 0 Å². The normalized spacial score (nSPS) is 11.0. The molecule has 0 bridgehead atoms. The molecule has 148 valence electrons. The van der Waals surface area contributed by atoms with Crippen molar-refractivity contribution in [3.63, 3.8) is 0 Å². The molecule has 0 aliphatic heterocycles. The maximum atomic E-state index is 12.5. The number of carbonyl (C=O) groups is 4. The Morgan fingerprint density at radius 3 is 1.85 bits per heavy atom. The van der Waals surface area contributed by atoms with Gasteiger partial charge in [-0.1, -0.05) is 52.2 Å². The molecule has 8 heteroatoms. The van der Waals surface area contributed by atoms with Gasteiger partial charge in [0, 0.05) is 12.8 Å². The van der Waals surface area contributed by atoms with Crippen LogP contribution >= 0.6 is 0 Å². The summed E-state index contributed by atoms with van der Waals surface area (Å²) >= 11 is 0. The molecule has 7 nitrogen and oxygen atoms in total. The third-order valence-corrected chi connectivity index (χ3v) is 3.83. The Balaban J connectivity index is 0. The van der Waals surface area contributed by atoms with Crippen LogP contribution in [0, 0.1) is 0 Å². The van der Waals surface area contributed by atoms with Crippen molar-refractivity contribution in [1.29, 1.82) is 0 Å². The van der Waals surface area contributed by atoms with Gasteiger partial charge in [0.1, 0.15) is 6.61 Å². The number of carboxylic acid groups (broad SMARTS) is 1. The Morgan fingerprint density at radius 1 is 1.00 bits per heavy atom. The standard InChI is InChI=1S/C19H31NO6.Na/c1-4-7-9-11-16(21)20(17(22)12-10-8-5-2)15(19(24)25)14-18(23)26-13-6-3;/h6,15H,3-5,7-14H2,1-2H3,(H,24,25);/q;+1/p-1. The number of imide groups is 1. The van der Waals surface area contributed by atoms with Gasteiger partial charge in [0.15, 0.2) is 0 Å². The molecule has 0 aromatic carbocycles. The summed E-state index contributed by atoms with van der Waals surface area (Å²) < 4.78 is 4.78. The number of carbonyl (C=O) groups excluding carboxylic acids is 4. The van der Waals surface area contributed by atoms with Gasteiger partial charge in [0.2, 0.25) is 11.8 Å². The Labute approximate surface area is 183 Å². The van der Waals surface area contributed by atoms with Crippen molar-refractivity contribution < 1.29 is 58.6 Å². The Morgan fingerprint density at radius 2 is 1.48 bits per heavy atom. The maximum Gasteiger partial charge on any atom is 1.00 e. The molecule has 0 rings (SSSR count). The van der Waals surface area contributed by atoms with E-state index in [2.05, 4.69) is 6.58 Å². The number of hydrogen-bond donors (Lipinski definition) is 0. The van der Waals surface area contributed by atoms with Gasteiger partial charge >= 0.3 is 35.5 Å². The second-order valence-electron chi connectivity index (χ2n) is 6.08. The summed E-state index contributed by atoms with van der Waals surface area (Å²) in [6, 6.07) is -1.66. The molecule has 0 N–H and O–H groups in total. The van der Waals surface area contributed by atoms with Crippen LogP contribution in [0.1, 0.15) is 71.6 Å². The van der Waals surface area contributed by atoms with Crippen molar-refractivity contribution in [3.05, 3.63) is 12.7 Å². The molecule has 1 atom stereocenters. The average Bonchev–Trinajstić information content (AvgIpc) is 2.59. The molecule has 0 heterocycles. The van der Waals surface area contributed by atoms with Crippen LogP contribution in [0.15, 0.2) is 12.7 Å². The zero-order valence-electron chi connectivity index (χ0n) is 16.8. The van der Waals surface area contributed by atoms with Crippen molar-refractivity contribution in [2.24, 2.45) is 0 Å². The molecule has 0 aliphatic carbocycles. The quantitative estimate of drug-likeness (QED) is 0.159. The summed E-state index contributed by atoms with van der Waals surface area (Å²) in [6.45, 7) is 7.26. The van der Waals surface area contributed by atoms with Crippen LogP contribution in [-0.2, 0) is 23.9 Å². The predicted molar refractivity (Wildman–Crippen MR) is 94.7 cm³/mol. The van der Waals surface area contributed by atoms with Gasteiger partial charge < -0.3 is 14.6 Å². The van der Waals surface area contributed by atoms with Crippen molar-refractivity contribution >= 4 is 23.8 Å². The van der Waals surface area contributed by atoms with E-state index < -0.39 is 36.2 Å². The molecule has 0 fully saturated rings. The second kappa shape index (κ2) is 17.0. The zero-order chi connectivity index (χ0) is 19.9. The van der Waals surface area contributed by atoms with Gasteiger partial charge in [0.25, 0.3) is 0 Å². The maximum absolute atomic E-state index is 12.5. The first-order valence-corrected chi connectivity index (χ1v) is 9.21. The largest absolute Gasteiger partial charge is 1.00 e. The smallest absolute Gasteiger partial charge is 0.548 e. The van der Waals surface area contributed by atoms with E-state index in [4.69, 9.17) is 4.74 Å². The number of esters is 1. The number of nitrogens with zero attached hydrogens (tertiary/aromatic N) is 1. The first-order chi connectivity index (χ1) is 12.4. The third kappa shape index (κ3) is 12.0. The van der Waals surface area contributed by atoms with Crippen LogP contribution < -0.4 is 34.7 Å². The molecular formula is C19H30NNaO6. The fraction of sp³-hybridized carbons (Fsp3) is 0.684. The Hall–Kier alpha value is -1.18. The molecular weight excluding hydrogens is 361 g/mol. The molecule has 0 aromatic rings. The number of unbranched alkanes of at least 4 members (excludes halogenated alkanes) is 4. The average molecular weight is 391 g/mol. The second-order valence-corrected chi connectivity index (χ2v) is 6.08. The number of hydrogen-bond acceptors (Lipinski definition) is 6. The minimum atomic E-state index is -1.66. The Bertz CT molecular complexity index is 473. The van der Waals surface area contributed by atoms with Crippen LogP contribution in [-0.4, -0.2) is 41.3 Å². The fourth-order valence-electron chi connectivity index (χ4n) is 2.43. The van der Waals surface area contributed by atoms with Crippen LogP contribution in [0.2, 0.25) is 0 Å². The summed E-state index contributed by atoms with van der Waals surface area (Å²) in [6.07, 6.45) is 5.28. The molecule has 0 saturated carbocycles. The number of ether oxygens (including phenoxy) is 1. The molecule has 0 spiro atoms. The first kappa shape index (κ1) is 28.0. The minimum absolute atomic E-state index is 0. The Kier molecular flexibility index (Phi) is 17.6. The number of carboxylic acids is 1. The predicted octanol–water partition coefficient (Wildman–Crippen LogP) is -1.26. The van der Waals surface area contributed by atoms with E-state index in [1.165, 1.54) is 6.08 Å². The summed E-state index contributed by atoms with van der Waals surface area (Å²) in [5.41, 5.74) is 0. The number of rotatable bonds is 14. The summed E-state index contributed by atoms with van der Waals surface area (Å²) in [4.78, 5) is 49.0. The SMILES string of the molecule is C=CCOC(=O)CC(C(=O)[O-])N(C(=O)CCCCC)C(=O)CCCCC.[Na+]. The molecule has 27 heavy (non-hydrogen) atoms. The van der Waals surface area contributed by atoms with Gasteiger partial charge in [0.05, 0.1) is 18.4 Å². The molecule has 2 amide bonds. The zero-order valence-corrected chi connectivity index (χ0v) is 18.8. The van der Waals surface area contributed by atoms with Crippen molar-refractivity contribution in [1.82, 2.24) is 4.90 Å². The molecule has 0 saturated heterocycles. The van der Waals surface area contributed by atoms with Crippen LogP contribution in [0.5, 0.6) is 0 Å². The van der Waals surface area contributed by atoms with Crippen molar-refractivity contribution in [3.8, 4) is 0 Å². The van der Waals surface area contributed by atoms with E-state index in [0.29, 0.717) is 17.7 Å². The minimum Gasteiger partial charge on any atom is -0.548 e. The molecule has 1 unspecified atom stereocenters. The summed E-state index contributed by atoms with van der Waals surface area (Å²) in [5, 5.41) is 11.5. The molecule has 0 aromatic heterocycles. The number of aliphatic carboxylic acids is 1. The van der Waals surface area contributed by atoms with Crippen LogP contribution in [0.4, 0.5) is 0 Å². The molecule has 0 radical (unpaired) electrons. The van der Waals surface area contributed by atoms with Gasteiger partial charge in [-0.3, -0.25) is 19.3 Å². The third-order valence-electron chi connectivity index (χ3n) is 3.83. The van der Waals surface area contributed by atoms with Gasteiger partial charge in [-0.05, 0) is 12.8 Å². The van der Waals surface area contributed by atoms with Crippen LogP contribution in [0.25, 0.3) is 0 Å². The summed E-state index contributed by atoms with van der Waals surface area (Å²) in [5.74, 6) is -3.66. The van der Waals surface area contributed by atoms with Crippen molar-refractivity contribution in [2.45, 2.75) is 77.7 Å². The van der Waals surface area contributed by atoms with Gasteiger partial charge in [-0.2, -0.15) is 0 Å². The van der Waals surface area contributed by atoms with E-state index in [-0.39, 0.29) is 49.0 Å². The van der Waals surface area contributed by atoms with Crippen LogP contribution in [0.3, 0.4) is 0 Å². The van der Waals surface area contributed by atoms with E-state index in [9.17, 15) is 24.3 Å². The summed E-state index contributed by atoms with van der Waals surface area (Å²) in [7, 11) is 0. The first-order valence-electron chi connectivity index (χ1n) is 9.21. The van der Waals surface area contributed by atoms with E-state index >= 15 is 0 Å². The molecule has 0 aliphatic rings. The fourth-order valence-corrected chi connectivity index (χ4v) is 2.43.